The summed E-state index contributed by atoms with van der Waals surface area (Å²) in [6.07, 6.45) is 0. The smallest absolute Gasteiger partial charge is 0.259 e. The second kappa shape index (κ2) is 5.98. The number of hydrogen-bond acceptors (Lipinski definition) is 4. The van der Waals surface area contributed by atoms with E-state index in [4.69, 9.17) is 11.6 Å². The van der Waals surface area contributed by atoms with Gasteiger partial charge in [-0.2, -0.15) is 0 Å². The molecule has 120 valence electrons. The molecule has 2 N–H and O–H groups in total. The van der Waals surface area contributed by atoms with Crippen LogP contribution in [0, 0.1) is 20.8 Å². The average Bonchev–Trinajstić information content (AvgIpc) is 2.78. The van der Waals surface area contributed by atoms with Gasteiger partial charge in [-0.1, -0.05) is 17.7 Å². The molecule has 0 saturated carbocycles. The van der Waals surface area contributed by atoms with E-state index in [9.17, 15) is 4.79 Å². The van der Waals surface area contributed by atoms with Crippen molar-refractivity contribution in [3.8, 4) is 0 Å². The fourth-order valence-electron chi connectivity index (χ4n) is 2.48. The molecule has 0 amide bonds. The SMILES string of the molecule is Cc1ccc(NC(C)c2nc3sc(C)c(C)c3c(=O)[nH]2)cc1Cl. The molecule has 0 fully saturated rings. The molecule has 3 aromatic rings. The van der Waals surface area contributed by atoms with Crippen LogP contribution in [0.15, 0.2) is 23.0 Å². The van der Waals surface area contributed by atoms with Crippen LogP contribution in [-0.2, 0) is 0 Å². The van der Waals surface area contributed by atoms with Crippen molar-refractivity contribution in [3.05, 3.63) is 55.4 Å². The second-order valence-electron chi connectivity index (χ2n) is 5.74. The topological polar surface area (TPSA) is 57.8 Å². The maximum atomic E-state index is 12.4. The number of aromatic nitrogens is 2. The first-order valence-corrected chi connectivity index (χ1v) is 8.59. The van der Waals surface area contributed by atoms with Crippen LogP contribution >= 0.6 is 22.9 Å². The summed E-state index contributed by atoms with van der Waals surface area (Å²) in [6.45, 7) is 7.90. The van der Waals surface area contributed by atoms with Crippen molar-refractivity contribution in [1.29, 1.82) is 0 Å². The molecule has 1 unspecified atom stereocenters. The van der Waals surface area contributed by atoms with E-state index in [0.29, 0.717) is 16.2 Å². The van der Waals surface area contributed by atoms with Crippen molar-refractivity contribution in [1.82, 2.24) is 9.97 Å². The molecule has 1 aromatic carbocycles. The lowest BCUT2D eigenvalue weighted by molar-refractivity contribution is 0.792. The van der Waals surface area contributed by atoms with Gasteiger partial charge in [0.15, 0.2) is 0 Å². The Kier molecular flexibility index (Phi) is 4.17. The molecule has 4 nitrogen and oxygen atoms in total. The van der Waals surface area contributed by atoms with Crippen LogP contribution in [0.25, 0.3) is 10.2 Å². The Morgan fingerprint density at radius 3 is 2.74 bits per heavy atom. The maximum Gasteiger partial charge on any atom is 0.259 e. The van der Waals surface area contributed by atoms with Gasteiger partial charge in [0.05, 0.1) is 11.4 Å². The molecular formula is C17H18ClN3OS. The van der Waals surface area contributed by atoms with E-state index >= 15 is 0 Å². The number of nitrogens with one attached hydrogen (secondary N) is 2. The number of aryl methyl sites for hydroxylation is 3. The lowest BCUT2D eigenvalue weighted by Gasteiger charge is -2.15. The van der Waals surface area contributed by atoms with Crippen molar-refractivity contribution in [3.63, 3.8) is 0 Å². The predicted molar refractivity (Wildman–Crippen MR) is 97.9 cm³/mol. The van der Waals surface area contributed by atoms with Gasteiger partial charge in [0.2, 0.25) is 0 Å². The number of halogens is 1. The molecule has 0 saturated heterocycles. The molecule has 0 bridgehead atoms. The summed E-state index contributed by atoms with van der Waals surface area (Å²) in [5, 5.41) is 4.73. The molecule has 1 atom stereocenters. The van der Waals surface area contributed by atoms with Crippen molar-refractivity contribution in [2.45, 2.75) is 33.7 Å². The van der Waals surface area contributed by atoms with Crippen LogP contribution in [-0.4, -0.2) is 9.97 Å². The van der Waals surface area contributed by atoms with Crippen molar-refractivity contribution < 1.29 is 0 Å². The van der Waals surface area contributed by atoms with E-state index in [1.807, 2.05) is 45.9 Å². The van der Waals surface area contributed by atoms with Crippen LogP contribution in [0.5, 0.6) is 0 Å². The zero-order chi connectivity index (χ0) is 16.7. The molecule has 0 spiro atoms. The summed E-state index contributed by atoms with van der Waals surface area (Å²) in [6, 6.07) is 5.67. The summed E-state index contributed by atoms with van der Waals surface area (Å²) in [7, 11) is 0. The van der Waals surface area contributed by atoms with Gasteiger partial charge < -0.3 is 10.3 Å². The number of anilines is 1. The molecular weight excluding hydrogens is 330 g/mol. The van der Waals surface area contributed by atoms with E-state index in [2.05, 4.69) is 15.3 Å². The number of rotatable bonds is 3. The van der Waals surface area contributed by atoms with Gasteiger partial charge in [0, 0.05) is 15.6 Å². The number of nitrogens with zero attached hydrogens (tertiary/aromatic N) is 1. The number of hydrogen-bond donors (Lipinski definition) is 2. The quantitative estimate of drug-likeness (QED) is 0.719. The summed E-state index contributed by atoms with van der Waals surface area (Å²) in [4.78, 5) is 21.8. The normalized spacial score (nSPS) is 12.6. The van der Waals surface area contributed by atoms with Gasteiger partial charge in [-0.05, 0) is 51.0 Å². The Morgan fingerprint density at radius 2 is 2.04 bits per heavy atom. The van der Waals surface area contributed by atoms with E-state index in [-0.39, 0.29) is 11.6 Å². The Morgan fingerprint density at radius 1 is 1.30 bits per heavy atom. The number of benzene rings is 1. The fraction of sp³-hybridized carbons (Fsp3) is 0.294. The van der Waals surface area contributed by atoms with E-state index < -0.39 is 0 Å². The standard InChI is InChI=1S/C17H18ClN3OS/c1-8-5-6-12(7-13(8)18)19-10(3)15-20-16(22)14-9(2)11(4)23-17(14)21-15/h5-7,10,19H,1-4H3,(H,20,21,22). The second-order valence-corrected chi connectivity index (χ2v) is 7.35. The summed E-state index contributed by atoms with van der Waals surface area (Å²) in [5.74, 6) is 0.625. The molecule has 6 heteroatoms. The van der Waals surface area contributed by atoms with E-state index in [0.717, 1.165) is 26.5 Å². The highest BCUT2D eigenvalue weighted by Gasteiger charge is 2.15. The third-order valence-electron chi connectivity index (χ3n) is 4.02. The summed E-state index contributed by atoms with van der Waals surface area (Å²) in [5.41, 5.74) is 2.86. The number of aromatic amines is 1. The number of thiophene rings is 1. The Labute approximate surface area is 143 Å². The minimum Gasteiger partial charge on any atom is -0.375 e. The highest BCUT2D eigenvalue weighted by Crippen LogP contribution is 2.27. The summed E-state index contributed by atoms with van der Waals surface area (Å²) >= 11 is 7.71. The van der Waals surface area contributed by atoms with Crippen LogP contribution in [0.1, 0.15) is 34.8 Å². The largest absolute Gasteiger partial charge is 0.375 e. The van der Waals surface area contributed by atoms with Gasteiger partial charge in [-0.15, -0.1) is 11.3 Å². The van der Waals surface area contributed by atoms with Crippen LogP contribution < -0.4 is 10.9 Å². The van der Waals surface area contributed by atoms with Crippen molar-refractivity contribution in [2.24, 2.45) is 0 Å². The van der Waals surface area contributed by atoms with Crippen LogP contribution in [0.2, 0.25) is 5.02 Å². The zero-order valence-corrected chi connectivity index (χ0v) is 15.0. The van der Waals surface area contributed by atoms with Gasteiger partial charge in [-0.25, -0.2) is 4.98 Å². The minimum atomic E-state index is -0.131. The Balaban J connectivity index is 1.96. The van der Waals surface area contributed by atoms with Gasteiger partial charge in [-0.3, -0.25) is 4.79 Å². The molecule has 2 aromatic heterocycles. The highest BCUT2D eigenvalue weighted by molar-refractivity contribution is 7.18. The number of fused-ring (bicyclic) bond motifs is 1. The lowest BCUT2D eigenvalue weighted by atomic mass is 10.2. The molecule has 0 aliphatic carbocycles. The zero-order valence-electron chi connectivity index (χ0n) is 13.5. The van der Waals surface area contributed by atoms with E-state index in [1.165, 1.54) is 0 Å². The lowest BCUT2D eigenvalue weighted by Crippen LogP contribution is -2.17. The van der Waals surface area contributed by atoms with Gasteiger partial charge in [0.25, 0.3) is 5.56 Å². The molecule has 0 aliphatic heterocycles. The monoisotopic (exact) mass is 347 g/mol. The van der Waals surface area contributed by atoms with Crippen molar-refractivity contribution >= 4 is 38.8 Å². The fourth-order valence-corrected chi connectivity index (χ4v) is 3.69. The first kappa shape index (κ1) is 16.0. The van der Waals surface area contributed by atoms with Crippen LogP contribution in [0.4, 0.5) is 5.69 Å². The third kappa shape index (κ3) is 2.99. The minimum absolute atomic E-state index is 0.0811. The maximum absolute atomic E-state index is 12.4. The first-order chi connectivity index (χ1) is 10.9. The first-order valence-electron chi connectivity index (χ1n) is 7.39. The average molecular weight is 348 g/mol. The predicted octanol–water partition coefficient (Wildman–Crippen LogP) is 4.74. The highest BCUT2D eigenvalue weighted by atomic mass is 35.5. The molecule has 3 rings (SSSR count). The number of H-pyrrole nitrogens is 1. The third-order valence-corrected chi connectivity index (χ3v) is 5.53. The molecule has 23 heavy (non-hydrogen) atoms. The van der Waals surface area contributed by atoms with E-state index in [1.54, 1.807) is 11.3 Å². The van der Waals surface area contributed by atoms with Gasteiger partial charge >= 0.3 is 0 Å². The van der Waals surface area contributed by atoms with Crippen LogP contribution in [0.3, 0.4) is 0 Å². The molecule has 2 heterocycles. The molecule has 0 aliphatic rings. The Hall–Kier alpha value is -1.85. The molecule has 0 radical (unpaired) electrons. The Bertz CT molecular complexity index is 945. The summed E-state index contributed by atoms with van der Waals surface area (Å²) < 4.78 is 0. The van der Waals surface area contributed by atoms with Gasteiger partial charge in [0.1, 0.15) is 10.7 Å². The van der Waals surface area contributed by atoms with Crippen molar-refractivity contribution in [2.75, 3.05) is 5.32 Å².